The number of alkyl halides is 2. The fourth-order valence-corrected chi connectivity index (χ4v) is 0.776. The first-order valence-electron chi connectivity index (χ1n) is 4.27. The second-order valence-electron chi connectivity index (χ2n) is 2.67. The standard InChI is InChI=1S/C10H13BF2O/c1-2-7-10(12,13)9(14)6-4-3-5-8-11/h2-7,9,14H,8H2,1H3/b5-3-,6-4+,7-2-/t9-/m1/s1. The number of rotatable bonds is 5. The maximum atomic E-state index is 12.9. The Morgan fingerprint density at radius 3 is 2.57 bits per heavy atom. The van der Waals surface area contributed by atoms with E-state index in [1.807, 2.05) is 0 Å². The maximum absolute atomic E-state index is 12.9. The molecule has 0 bridgehead atoms. The summed E-state index contributed by atoms with van der Waals surface area (Å²) < 4.78 is 25.8. The zero-order valence-electron chi connectivity index (χ0n) is 8.03. The largest absolute Gasteiger partial charge is 0.382 e. The van der Waals surface area contributed by atoms with Crippen LogP contribution in [0.1, 0.15) is 6.92 Å². The molecule has 76 valence electrons. The second kappa shape index (κ2) is 6.54. The molecule has 0 amide bonds. The zero-order chi connectivity index (χ0) is 11.0. The summed E-state index contributed by atoms with van der Waals surface area (Å²) in [4.78, 5) is 0. The lowest BCUT2D eigenvalue weighted by Gasteiger charge is -2.15. The second-order valence-corrected chi connectivity index (χ2v) is 2.67. The van der Waals surface area contributed by atoms with Crippen LogP contribution in [0, 0.1) is 0 Å². The molecule has 1 atom stereocenters. The molecule has 0 aliphatic heterocycles. The van der Waals surface area contributed by atoms with Gasteiger partial charge >= 0.3 is 0 Å². The van der Waals surface area contributed by atoms with Crippen LogP contribution >= 0.6 is 0 Å². The molecule has 0 fully saturated rings. The Hall–Kier alpha value is -0.895. The fraction of sp³-hybridized carbons (Fsp3) is 0.400. The molecule has 1 nitrogen and oxygen atoms in total. The number of hydrogen-bond acceptors (Lipinski definition) is 1. The average Bonchev–Trinajstić information content (AvgIpc) is 2.12. The van der Waals surface area contributed by atoms with Crippen LogP contribution in [0.15, 0.2) is 36.5 Å². The summed E-state index contributed by atoms with van der Waals surface area (Å²) in [7, 11) is 5.14. The highest BCUT2D eigenvalue weighted by Gasteiger charge is 2.32. The van der Waals surface area contributed by atoms with Crippen LogP contribution in [0.25, 0.3) is 0 Å². The van der Waals surface area contributed by atoms with E-state index in [0.717, 1.165) is 6.08 Å². The summed E-state index contributed by atoms with van der Waals surface area (Å²) in [6, 6.07) is 0. The first-order valence-corrected chi connectivity index (χ1v) is 4.27. The van der Waals surface area contributed by atoms with Crippen molar-refractivity contribution in [3.63, 3.8) is 0 Å². The highest BCUT2D eigenvalue weighted by Crippen LogP contribution is 2.21. The molecule has 4 heteroatoms. The molecule has 1 N–H and O–H groups in total. The van der Waals surface area contributed by atoms with E-state index in [0.29, 0.717) is 12.4 Å². The third-order valence-corrected chi connectivity index (χ3v) is 1.46. The molecule has 0 saturated carbocycles. The van der Waals surface area contributed by atoms with E-state index in [1.54, 1.807) is 6.08 Å². The summed E-state index contributed by atoms with van der Waals surface area (Å²) in [6.45, 7) is 1.47. The lowest BCUT2D eigenvalue weighted by Crippen LogP contribution is -2.29. The van der Waals surface area contributed by atoms with Crippen LogP contribution < -0.4 is 0 Å². The Kier molecular flexibility index (Phi) is 6.12. The van der Waals surface area contributed by atoms with Gasteiger partial charge in [-0.2, -0.15) is 8.78 Å². The Balaban J connectivity index is 4.25. The van der Waals surface area contributed by atoms with Crippen molar-refractivity contribution >= 4 is 7.85 Å². The topological polar surface area (TPSA) is 20.2 Å². The number of aliphatic hydroxyl groups is 1. The van der Waals surface area contributed by atoms with Gasteiger partial charge in [0.2, 0.25) is 0 Å². The average molecular weight is 198 g/mol. The molecule has 0 rings (SSSR count). The predicted octanol–water partition coefficient (Wildman–Crippen LogP) is 2.26. The molecule has 0 aromatic heterocycles. The highest BCUT2D eigenvalue weighted by molar-refractivity contribution is 6.09. The molecule has 0 aromatic carbocycles. The molecule has 0 aliphatic carbocycles. The Morgan fingerprint density at radius 2 is 2.07 bits per heavy atom. The van der Waals surface area contributed by atoms with Crippen LogP contribution in [0.4, 0.5) is 8.78 Å². The van der Waals surface area contributed by atoms with Crippen molar-refractivity contribution in [3.8, 4) is 0 Å². The van der Waals surface area contributed by atoms with Crippen molar-refractivity contribution < 1.29 is 13.9 Å². The third kappa shape index (κ3) is 4.97. The van der Waals surface area contributed by atoms with Crippen LogP contribution in [-0.2, 0) is 0 Å². The minimum Gasteiger partial charge on any atom is -0.382 e. The Labute approximate surface area is 84.2 Å². The fourth-order valence-electron chi connectivity index (χ4n) is 0.776. The molecular weight excluding hydrogens is 185 g/mol. The van der Waals surface area contributed by atoms with Gasteiger partial charge in [0.05, 0.1) is 7.85 Å². The van der Waals surface area contributed by atoms with Crippen LogP contribution in [-0.4, -0.2) is 25.0 Å². The van der Waals surface area contributed by atoms with Crippen molar-refractivity contribution in [2.75, 3.05) is 0 Å². The van der Waals surface area contributed by atoms with E-state index in [9.17, 15) is 8.78 Å². The first-order chi connectivity index (χ1) is 6.54. The summed E-state index contributed by atoms with van der Waals surface area (Å²) in [5, 5.41) is 9.05. The van der Waals surface area contributed by atoms with E-state index in [-0.39, 0.29) is 0 Å². The van der Waals surface area contributed by atoms with Gasteiger partial charge in [-0.05, 0) is 19.1 Å². The van der Waals surface area contributed by atoms with Crippen LogP contribution in [0.2, 0.25) is 6.32 Å². The zero-order valence-corrected chi connectivity index (χ0v) is 8.03. The number of halogens is 2. The third-order valence-electron chi connectivity index (χ3n) is 1.46. The monoisotopic (exact) mass is 198 g/mol. The number of aliphatic hydroxyl groups excluding tert-OH is 1. The van der Waals surface area contributed by atoms with Crippen LogP contribution in [0.3, 0.4) is 0 Å². The summed E-state index contributed by atoms with van der Waals surface area (Å²) in [5.74, 6) is -3.22. The normalized spacial score (nSPS) is 16.0. The molecule has 0 aromatic rings. The summed E-state index contributed by atoms with van der Waals surface area (Å²) >= 11 is 0. The van der Waals surface area contributed by atoms with Gasteiger partial charge in [-0.25, -0.2) is 0 Å². The van der Waals surface area contributed by atoms with Gasteiger partial charge in [0.15, 0.2) is 0 Å². The lowest BCUT2D eigenvalue weighted by atomic mass is 10.1. The van der Waals surface area contributed by atoms with Crippen molar-refractivity contribution in [2.24, 2.45) is 0 Å². The summed E-state index contributed by atoms with van der Waals surface area (Å²) in [6.07, 6.45) is 5.86. The predicted molar refractivity (Wildman–Crippen MR) is 54.6 cm³/mol. The van der Waals surface area contributed by atoms with Gasteiger partial charge in [0, 0.05) is 0 Å². The van der Waals surface area contributed by atoms with Gasteiger partial charge in [-0.15, -0.1) is 0 Å². The number of hydrogen-bond donors (Lipinski definition) is 1. The molecule has 0 unspecified atom stereocenters. The van der Waals surface area contributed by atoms with Gasteiger partial charge < -0.3 is 5.11 Å². The smallest absolute Gasteiger partial charge is 0.295 e. The van der Waals surface area contributed by atoms with E-state index >= 15 is 0 Å². The van der Waals surface area contributed by atoms with E-state index < -0.39 is 12.0 Å². The molecular formula is C10H13BF2O. The molecule has 0 saturated heterocycles. The van der Waals surface area contributed by atoms with Gasteiger partial charge in [-0.1, -0.05) is 30.6 Å². The van der Waals surface area contributed by atoms with Gasteiger partial charge in [0.25, 0.3) is 5.92 Å². The number of allylic oxidation sites excluding steroid dienone is 4. The van der Waals surface area contributed by atoms with Crippen molar-refractivity contribution in [1.29, 1.82) is 0 Å². The molecule has 0 aliphatic rings. The molecule has 0 spiro atoms. The Bertz CT molecular complexity index is 234. The van der Waals surface area contributed by atoms with Crippen molar-refractivity contribution in [2.45, 2.75) is 25.3 Å². The Morgan fingerprint density at radius 1 is 1.43 bits per heavy atom. The van der Waals surface area contributed by atoms with Crippen LogP contribution in [0.5, 0.6) is 0 Å². The summed E-state index contributed by atoms with van der Waals surface area (Å²) in [5.41, 5.74) is 0. The lowest BCUT2D eigenvalue weighted by molar-refractivity contribution is -0.0450. The van der Waals surface area contributed by atoms with Gasteiger partial charge in [0.1, 0.15) is 6.10 Å². The molecule has 2 radical (unpaired) electrons. The highest BCUT2D eigenvalue weighted by atomic mass is 19.3. The van der Waals surface area contributed by atoms with Crippen molar-refractivity contribution in [1.82, 2.24) is 0 Å². The quantitative estimate of drug-likeness (QED) is 0.408. The molecule has 0 heterocycles. The van der Waals surface area contributed by atoms with E-state index in [1.165, 1.54) is 25.2 Å². The molecule has 14 heavy (non-hydrogen) atoms. The first kappa shape index (κ1) is 13.1. The minimum atomic E-state index is -3.22. The van der Waals surface area contributed by atoms with Crippen molar-refractivity contribution in [3.05, 3.63) is 36.5 Å². The van der Waals surface area contributed by atoms with E-state index in [2.05, 4.69) is 0 Å². The van der Waals surface area contributed by atoms with Gasteiger partial charge in [-0.3, -0.25) is 0 Å². The minimum absolute atomic E-state index is 0.339. The SMILES string of the molecule is [B]C/C=C\C=C\[C@@H](O)C(F)(F)/C=C\C. The maximum Gasteiger partial charge on any atom is 0.295 e. The van der Waals surface area contributed by atoms with E-state index in [4.69, 9.17) is 13.0 Å².